The molecule has 1 saturated heterocycles. The number of thioether (sulfide) groups is 1. The largest absolute Gasteiger partial charge is 0.292 e. The lowest BCUT2D eigenvalue weighted by Crippen LogP contribution is -2.50. The van der Waals surface area contributed by atoms with Crippen molar-refractivity contribution in [2.45, 2.75) is 44.1 Å². The van der Waals surface area contributed by atoms with E-state index in [0.717, 1.165) is 21.4 Å². The minimum absolute atomic E-state index is 0.0516. The molecule has 2 fully saturated rings. The van der Waals surface area contributed by atoms with Crippen LogP contribution in [0, 0.1) is 11.3 Å². The lowest BCUT2D eigenvalue weighted by atomic mass is 9.92. The summed E-state index contributed by atoms with van der Waals surface area (Å²) in [5, 5.41) is 12.6. The van der Waals surface area contributed by atoms with Gasteiger partial charge in [0.25, 0.3) is 0 Å². The molecule has 0 N–H and O–H groups in total. The molecule has 0 bridgehead atoms. The maximum absolute atomic E-state index is 12.7. The third kappa shape index (κ3) is 2.71. The van der Waals surface area contributed by atoms with Crippen molar-refractivity contribution in [1.82, 2.24) is 9.80 Å². The van der Waals surface area contributed by atoms with E-state index in [9.17, 15) is 10.1 Å². The Morgan fingerprint density at radius 3 is 2.83 bits per heavy atom. The maximum Gasteiger partial charge on any atom is 0.229 e. The second-order valence-corrected chi connectivity index (χ2v) is 8.28. The van der Waals surface area contributed by atoms with Gasteiger partial charge in [-0.25, -0.2) is 0 Å². The molecular weight excluding hydrogens is 326 g/mol. The Labute approximate surface area is 144 Å². The van der Waals surface area contributed by atoms with Crippen molar-refractivity contribution in [3.8, 4) is 6.07 Å². The van der Waals surface area contributed by atoms with E-state index in [-0.39, 0.29) is 11.8 Å². The van der Waals surface area contributed by atoms with Crippen LogP contribution in [0.2, 0.25) is 0 Å². The molecule has 3 heterocycles. The van der Waals surface area contributed by atoms with Crippen LogP contribution in [0.15, 0.2) is 28.1 Å². The van der Waals surface area contributed by atoms with Gasteiger partial charge in [0.2, 0.25) is 5.91 Å². The van der Waals surface area contributed by atoms with Gasteiger partial charge in [-0.1, -0.05) is 30.7 Å². The summed E-state index contributed by atoms with van der Waals surface area (Å²) in [6.45, 7) is 0.661. The number of allylic oxidation sites excluding steroid dienone is 1. The van der Waals surface area contributed by atoms with Gasteiger partial charge in [-0.3, -0.25) is 14.6 Å². The van der Waals surface area contributed by atoms with Gasteiger partial charge in [0.05, 0.1) is 29.2 Å². The van der Waals surface area contributed by atoms with Gasteiger partial charge >= 0.3 is 0 Å². The van der Waals surface area contributed by atoms with Crippen molar-refractivity contribution in [3.63, 3.8) is 0 Å². The van der Waals surface area contributed by atoms with Gasteiger partial charge in [0.1, 0.15) is 0 Å². The average Bonchev–Trinajstić information content (AvgIpc) is 3.28. The summed E-state index contributed by atoms with van der Waals surface area (Å²) >= 11 is 3.31. The molecule has 1 saturated carbocycles. The predicted octanol–water partition coefficient (Wildman–Crippen LogP) is 3.71. The lowest BCUT2D eigenvalue weighted by Gasteiger charge is -2.43. The third-order valence-electron chi connectivity index (χ3n) is 5.04. The maximum atomic E-state index is 12.7. The quantitative estimate of drug-likeness (QED) is 0.820. The molecule has 1 aromatic heterocycles. The van der Waals surface area contributed by atoms with Gasteiger partial charge in [-0.05, 0) is 24.3 Å². The zero-order chi connectivity index (χ0) is 15.8. The first-order chi connectivity index (χ1) is 11.3. The summed E-state index contributed by atoms with van der Waals surface area (Å²) < 4.78 is 0. The van der Waals surface area contributed by atoms with E-state index in [4.69, 9.17) is 0 Å². The van der Waals surface area contributed by atoms with Crippen molar-refractivity contribution < 1.29 is 4.79 Å². The van der Waals surface area contributed by atoms with E-state index in [1.165, 1.54) is 25.7 Å². The minimum Gasteiger partial charge on any atom is -0.292 e. The number of hydrogen-bond donors (Lipinski definition) is 0. The fraction of sp³-hybridized carbons (Fsp3) is 0.529. The number of thiophene rings is 1. The van der Waals surface area contributed by atoms with E-state index >= 15 is 0 Å². The summed E-state index contributed by atoms with van der Waals surface area (Å²) in [4.78, 5) is 18.1. The normalized spacial score (nSPS) is 26.5. The Bertz CT molecular complexity index is 671. The second kappa shape index (κ2) is 6.31. The van der Waals surface area contributed by atoms with Crippen molar-refractivity contribution >= 4 is 29.0 Å². The van der Waals surface area contributed by atoms with Crippen LogP contribution < -0.4 is 0 Å². The molecule has 1 aliphatic carbocycles. The van der Waals surface area contributed by atoms with Crippen LogP contribution in [0.25, 0.3) is 0 Å². The lowest BCUT2D eigenvalue weighted by molar-refractivity contribution is -0.132. The smallest absolute Gasteiger partial charge is 0.229 e. The van der Waals surface area contributed by atoms with Crippen molar-refractivity contribution in [3.05, 3.63) is 33.0 Å². The number of amides is 1. The van der Waals surface area contributed by atoms with Gasteiger partial charge in [-0.15, -0.1) is 11.3 Å². The van der Waals surface area contributed by atoms with E-state index in [1.807, 2.05) is 22.4 Å². The van der Waals surface area contributed by atoms with Gasteiger partial charge < -0.3 is 0 Å². The molecule has 4 rings (SSSR count). The number of rotatable bonds is 2. The molecule has 6 heteroatoms. The summed E-state index contributed by atoms with van der Waals surface area (Å²) in [7, 11) is 0. The summed E-state index contributed by atoms with van der Waals surface area (Å²) in [5.74, 6) is 1.00. The highest BCUT2D eigenvalue weighted by Gasteiger charge is 2.40. The standard InChI is InChI=1S/C17H19N3OS2/c18-9-14-13(15-6-3-7-22-15)8-16(21)20-10-19(11-23-17(14)20)12-4-1-2-5-12/h3,6-7,12-13H,1-2,4-5,8,10-11H2/t13-/m1/s1. The zero-order valence-corrected chi connectivity index (χ0v) is 14.5. The number of nitrogens with zero attached hydrogens (tertiary/aromatic N) is 3. The van der Waals surface area contributed by atoms with Gasteiger partial charge in [-0.2, -0.15) is 5.26 Å². The van der Waals surface area contributed by atoms with Crippen LogP contribution in [0.5, 0.6) is 0 Å². The molecule has 1 atom stereocenters. The van der Waals surface area contributed by atoms with Crippen LogP contribution in [0.4, 0.5) is 0 Å². The Kier molecular flexibility index (Phi) is 4.18. The Morgan fingerprint density at radius 1 is 1.30 bits per heavy atom. The van der Waals surface area contributed by atoms with E-state index in [2.05, 4.69) is 11.0 Å². The fourth-order valence-electron chi connectivity index (χ4n) is 3.81. The molecule has 3 aliphatic rings. The highest BCUT2D eigenvalue weighted by Crippen LogP contribution is 2.44. The van der Waals surface area contributed by atoms with Crippen LogP contribution in [-0.4, -0.2) is 34.3 Å². The molecule has 2 aliphatic heterocycles. The van der Waals surface area contributed by atoms with Crippen LogP contribution in [-0.2, 0) is 4.79 Å². The number of fused-ring (bicyclic) bond motifs is 1. The number of hydrogen-bond acceptors (Lipinski definition) is 5. The van der Waals surface area contributed by atoms with Crippen LogP contribution in [0.1, 0.15) is 42.9 Å². The van der Waals surface area contributed by atoms with Crippen LogP contribution >= 0.6 is 23.1 Å². The first-order valence-electron chi connectivity index (χ1n) is 8.13. The van der Waals surface area contributed by atoms with Crippen molar-refractivity contribution in [2.24, 2.45) is 0 Å². The highest BCUT2D eigenvalue weighted by molar-refractivity contribution is 8.03. The Morgan fingerprint density at radius 2 is 2.13 bits per heavy atom. The zero-order valence-electron chi connectivity index (χ0n) is 12.9. The van der Waals surface area contributed by atoms with Crippen molar-refractivity contribution in [1.29, 1.82) is 5.26 Å². The molecule has 4 nitrogen and oxygen atoms in total. The number of carbonyl (C=O) groups is 1. The van der Waals surface area contributed by atoms with E-state index in [1.54, 1.807) is 23.1 Å². The summed E-state index contributed by atoms with van der Waals surface area (Å²) in [6.07, 6.45) is 5.50. The van der Waals surface area contributed by atoms with E-state index < -0.39 is 0 Å². The number of nitriles is 1. The molecule has 1 amide bonds. The summed E-state index contributed by atoms with van der Waals surface area (Å²) in [6, 6.07) is 7.04. The third-order valence-corrected chi connectivity index (χ3v) is 7.20. The molecule has 0 unspecified atom stereocenters. The second-order valence-electron chi connectivity index (χ2n) is 6.37. The molecule has 1 aromatic rings. The summed E-state index contributed by atoms with van der Waals surface area (Å²) in [5.41, 5.74) is 0.781. The fourth-order valence-corrected chi connectivity index (χ4v) is 5.88. The Hall–Kier alpha value is -1.29. The first kappa shape index (κ1) is 15.3. The monoisotopic (exact) mass is 345 g/mol. The molecule has 0 aromatic carbocycles. The average molecular weight is 345 g/mol. The molecule has 23 heavy (non-hydrogen) atoms. The topological polar surface area (TPSA) is 47.3 Å². The van der Waals surface area contributed by atoms with Gasteiger partial charge in [0, 0.05) is 23.3 Å². The predicted molar refractivity (Wildman–Crippen MR) is 92.6 cm³/mol. The van der Waals surface area contributed by atoms with Crippen molar-refractivity contribution in [2.75, 3.05) is 12.5 Å². The van der Waals surface area contributed by atoms with Crippen LogP contribution in [0.3, 0.4) is 0 Å². The number of carbonyl (C=O) groups excluding carboxylic acids is 1. The molecule has 0 spiro atoms. The first-order valence-corrected chi connectivity index (χ1v) is 9.99. The molecule has 120 valence electrons. The molecular formula is C17H19N3OS2. The highest BCUT2D eigenvalue weighted by atomic mass is 32.2. The molecule has 0 radical (unpaired) electrons. The van der Waals surface area contributed by atoms with Gasteiger partial charge in [0.15, 0.2) is 0 Å². The SMILES string of the molecule is N#CC1=C2SCN(C3CCCC3)CN2C(=O)C[C@H]1c1cccs1. The minimum atomic E-state index is -0.0516. The van der Waals surface area contributed by atoms with E-state index in [0.29, 0.717) is 19.1 Å². The Balaban J connectivity index is 1.63.